The Labute approximate surface area is 192 Å². The summed E-state index contributed by atoms with van der Waals surface area (Å²) in [7, 11) is 0. The van der Waals surface area contributed by atoms with Gasteiger partial charge in [0.05, 0.1) is 13.2 Å². The van der Waals surface area contributed by atoms with Crippen molar-refractivity contribution in [2.45, 2.75) is 59.0 Å². The number of hydrogen-bond donors (Lipinski definition) is 0. The molecule has 0 unspecified atom stereocenters. The van der Waals surface area contributed by atoms with E-state index in [0.717, 1.165) is 61.7 Å². The van der Waals surface area contributed by atoms with Gasteiger partial charge in [-0.15, -0.1) is 0 Å². The molecule has 168 valence electrons. The van der Waals surface area contributed by atoms with Crippen molar-refractivity contribution < 1.29 is 14.2 Å². The molecular formula is C29H34O3. The van der Waals surface area contributed by atoms with E-state index < -0.39 is 0 Å². The van der Waals surface area contributed by atoms with Crippen LogP contribution in [0.2, 0.25) is 0 Å². The summed E-state index contributed by atoms with van der Waals surface area (Å²) >= 11 is 0. The topological polar surface area (TPSA) is 27.7 Å². The molecule has 0 heterocycles. The van der Waals surface area contributed by atoms with Gasteiger partial charge in [-0.05, 0) is 83.5 Å². The first-order valence-electron chi connectivity index (χ1n) is 12.0. The van der Waals surface area contributed by atoms with Crippen molar-refractivity contribution in [2.75, 3.05) is 13.2 Å². The van der Waals surface area contributed by atoms with Crippen molar-refractivity contribution in [2.24, 2.45) is 0 Å². The second-order valence-electron chi connectivity index (χ2n) is 8.50. The molecule has 0 aromatic heterocycles. The predicted molar refractivity (Wildman–Crippen MR) is 131 cm³/mol. The van der Waals surface area contributed by atoms with Crippen LogP contribution in [0.5, 0.6) is 17.2 Å². The molecule has 4 rings (SSSR count). The fourth-order valence-electron chi connectivity index (χ4n) is 4.07. The van der Waals surface area contributed by atoms with Crippen molar-refractivity contribution in [1.82, 2.24) is 0 Å². The molecule has 0 amide bonds. The van der Waals surface area contributed by atoms with Gasteiger partial charge in [-0.25, -0.2) is 0 Å². The Morgan fingerprint density at radius 2 is 1.16 bits per heavy atom. The zero-order valence-electron chi connectivity index (χ0n) is 19.4. The number of benzene rings is 3. The quantitative estimate of drug-likeness (QED) is 0.217. The molecule has 1 aliphatic rings. The molecule has 0 aliphatic heterocycles. The summed E-state index contributed by atoms with van der Waals surface area (Å²) in [5, 5.41) is 0. The lowest BCUT2D eigenvalue weighted by molar-refractivity contribution is 0.302. The van der Waals surface area contributed by atoms with E-state index in [4.69, 9.17) is 14.2 Å². The molecule has 3 aromatic rings. The smallest absolute Gasteiger partial charge is 0.120 e. The van der Waals surface area contributed by atoms with Gasteiger partial charge >= 0.3 is 0 Å². The second kappa shape index (κ2) is 11.1. The van der Waals surface area contributed by atoms with E-state index in [9.17, 15) is 0 Å². The zero-order chi connectivity index (χ0) is 22.2. The maximum Gasteiger partial charge on any atom is 0.120 e. The maximum absolute atomic E-state index is 6.09. The highest BCUT2D eigenvalue weighted by Crippen LogP contribution is 2.40. The molecule has 0 saturated carbocycles. The van der Waals surface area contributed by atoms with Crippen LogP contribution in [0.1, 0.15) is 62.6 Å². The number of hydrogen-bond acceptors (Lipinski definition) is 3. The van der Waals surface area contributed by atoms with Gasteiger partial charge in [0.25, 0.3) is 0 Å². The summed E-state index contributed by atoms with van der Waals surface area (Å²) < 4.78 is 17.8. The molecule has 0 N–H and O–H groups in total. The SMILES string of the molecule is CCCCCOc1ccc2c(c1)Cc1cc(OCc3ccc(OCCCC)cc3)ccc1-2. The Hall–Kier alpha value is -2.94. The van der Waals surface area contributed by atoms with E-state index in [1.165, 1.54) is 35.1 Å². The molecule has 3 nitrogen and oxygen atoms in total. The van der Waals surface area contributed by atoms with Crippen molar-refractivity contribution in [3.63, 3.8) is 0 Å². The average molecular weight is 431 g/mol. The minimum Gasteiger partial charge on any atom is -0.494 e. The van der Waals surface area contributed by atoms with Crippen LogP contribution in [0.4, 0.5) is 0 Å². The molecule has 3 aromatic carbocycles. The first-order valence-corrected chi connectivity index (χ1v) is 12.0. The largest absolute Gasteiger partial charge is 0.494 e. The minimum absolute atomic E-state index is 0.552. The van der Waals surface area contributed by atoms with E-state index in [2.05, 4.69) is 62.4 Å². The van der Waals surface area contributed by atoms with Gasteiger partial charge in [0.1, 0.15) is 23.9 Å². The number of fused-ring (bicyclic) bond motifs is 3. The van der Waals surface area contributed by atoms with E-state index in [1.54, 1.807) is 0 Å². The summed E-state index contributed by atoms with van der Waals surface area (Å²) in [4.78, 5) is 0. The van der Waals surface area contributed by atoms with Crippen LogP contribution in [0.3, 0.4) is 0 Å². The summed E-state index contributed by atoms with van der Waals surface area (Å²) in [6, 6.07) is 21.1. The normalized spacial score (nSPS) is 11.7. The van der Waals surface area contributed by atoms with Gasteiger partial charge in [-0.2, -0.15) is 0 Å². The molecule has 32 heavy (non-hydrogen) atoms. The first kappa shape index (κ1) is 22.3. The van der Waals surface area contributed by atoms with Crippen LogP contribution in [0, 0.1) is 0 Å². The highest BCUT2D eigenvalue weighted by Gasteiger charge is 2.19. The van der Waals surface area contributed by atoms with E-state index in [0.29, 0.717) is 6.61 Å². The number of rotatable bonds is 12. The van der Waals surface area contributed by atoms with Crippen molar-refractivity contribution in [3.05, 3.63) is 77.4 Å². The Morgan fingerprint density at radius 3 is 1.81 bits per heavy atom. The minimum atomic E-state index is 0.552. The molecule has 0 atom stereocenters. The lowest BCUT2D eigenvalue weighted by Crippen LogP contribution is -1.98. The number of unbranched alkanes of at least 4 members (excludes halogenated alkanes) is 3. The van der Waals surface area contributed by atoms with Gasteiger partial charge < -0.3 is 14.2 Å². The second-order valence-corrected chi connectivity index (χ2v) is 8.50. The Kier molecular flexibility index (Phi) is 7.71. The molecule has 1 aliphatic carbocycles. The van der Waals surface area contributed by atoms with Crippen LogP contribution < -0.4 is 14.2 Å². The fourth-order valence-corrected chi connectivity index (χ4v) is 4.07. The van der Waals surface area contributed by atoms with E-state index in [-0.39, 0.29) is 0 Å². The van der Waals surface area contributed by atoms with Crippen molar-refractivity contribution >= 4 is 0 Å². The Balaban J connectivity index is 1.33. The molecular weight excluding hydrogens is 396 g/mol. The predicted octanol–water partition coefficient (Wildman–Crippen LogP) is 7.58. The van der Waals surface area contributed by atoms with Gasteiger partial charge in [0.2, 0.25) is 0 Å². The first-order chi connectivity index (χ1) is 15.8. The maximum atomic E-state index is 6.09. The summed E-state index contributed by atoms with van der Waals surface area (Å²) in [6.07, 6.45) is 6.70. The molecule has 0 radical (unpaired) electrons. The summed E-state index contributed by atoms with van der Waals surface area (Å²) in [5.74, 6) is 2.81. The molecule has 0 saturated heterocycles. The molecule has 0 fully saturated rings. The van der Waals surface area contributed by atoms with Crippen LogP contribution in [-0.4, -0.2) is 13.2 Å². The van der Waals surface area contributed by atoms with E-state index in [1.807, 2.05) is 12.1 Å². The lowest BCUT2D eigenvalue weighted by atomic mass is 10.1. The molecule has 0 spiro atoms. The average Bonchev–Trinajstić information content (AvgIpc) is 3.18. The van der Waals surface area contributed by atoms with Crippen LogP contribution in [0.25, 0.3) is 11.1 Å². The summed E-state index contributed by atoms with van der Waals surface area (Å²) in [5.41, 5.74) is 6.41. The Morgan fingerprint density at radius 1 is 0.594 bits per heavy atom. The Bertz CT molecular complexity index is 1010. The monoisotopic (exact) mass is 430 g/mol. The third-order valence-electron chi connectivity index (χ3n) is 5.94. The van der Waals surface area contributed by atoms with Crippen LogP contribution >= 0.6 is 0 Å². The summed E-state index contributed by atoms with van der Waals surface area (Å²) in [6.45, 7) is 6.50. The lowest BCUT2D eigenvalue weighted by Gasteiger charge is -2.10. The zero-order valence-corrected chi connectivity index (χ0v) is 19.4. The van der Waals surface area contributed by atoms with Crippen LogP contribution in [-0.2, 0) is 13.0 Å². The van der Waals surface area contributed by atoms with E-state index >= 15 is 0 Å². The van der Waals surface area contributed by atoms with Crippen LogP contribution in [0.15, 0.2) is 60.7 Å². The van der Waals surface area contributed by atoms with Gasteiger partial charge in [-0.3, -0.25) is 0 Å². The van der Waals surface area contributed by atoms with Gasteiger partial charge in [0.15, 0.2) is 0 Å². The fraction of sp³-hybridized carbons (Fsp3) is 0.379. The third-order valence-corrected chi connectivity index (χ3v) is 5.94. The molecule has 0 bridgehead atoms. The highest BCUT2D eigenvalue weighted by atomic mass is 16.5. The third kappa shape index (κ3) is 5.64. The molecule has 3 heteroatoms. The van der Waals surface area contributed by atoms with Crippen molar-refractivity contribution in [1.29, 1.82) is 0 Å². The van der Waals surface area contributed by atoms with Crippen molar-refractivity contribution in [3.8, 4) is 28.4 Å². The number of ether oxygens (including phenoxy) is 3. The van der Waals surface area contributed by atoms with Gasteiger partial charge in [0, 0.05) is 0 Å². The van der Waals surface area contributed by atoms with Gasteiger partial charge in [-0.1, -0.05) is 57.4 Å². The standard InChI is InChI=1S/C29H34O3/c1-3-5-7-17-31-26-12-14-28-23(19-26)18-24-20-27(13-15-29(24)28)32-21-22-8-10-25(11-9-22)30-16-6-4-2/h8-15,19-20H,3-7,16-18,21H2,1-2H3. The highest BCUT2D eigenvalue weighted by molar-refractivity contribution is 5.78.